The zero-order valence-electron chi connectivity index (χ0n) is 5.97. The third kappa shape index (κ3) is 6.44. The molecule has 0 saturated heterocycles. The van der Waals surface area contributed by atoms with Gasteiger partial charge in [0.2, 0.25) is 0 Å². The van der Waals surface area contributed by atoms with Gasteiger partial charge >= 0.3 is 101 Å². The maximum Gasteiger partial charge on any atom is 1.00 e. The Bertz CT molecular complexity index is 187. The fraction of sp³-hybridized carbons (Fsp3) is 0. The van der Waals surface area contributed by atoms with E-state index in [2.05, 4.69) is 47.3 Å². The Morgan fingerprint density at radius 3 is 2.27 bits per heavy atom. The molecule has 0 spiro atoms. The van der Waals surface area contributed by atoms with Crippen molar-refractivity contribution in [3.05, 3.63) is 24.5 Å². The fourth-order valence-electron chi connectivity index (χ4n) is 0.505. The van der Waals surface area contributed by atoms with Crippen molar-refractivity contribution in [1.82, 2.24) is 4.98 Å². The molecule has 0 saturated carbocycles. The van der Waals surface area contributed by atoms with Crippen LogP contribution >= 0.6 is 36.3 Å². The third-order valence-corrected chi connectivity index (χ3v) is 13.0. The number of hydrogen-bond acceptors (Lipinski definition) is 1. The van der Waals surface area contributed by atoms with Gasteiger partial charge in [0.1, 0.15) is 0 Å². The molecule has 0 aromatic carbocycles. The van der Waals surface area contributed by atoms with E-state index in [9.17, 15) is 0 Å². The first-order valence-electron chi connectivity index (χ1n) is 2.49. The maximum atomic E-state index is 4.05. The van der Waals surface area contributed by atoms with Crippen molar-refractivity contribution < 1.29 is 31.3 Å². The van der Waals surface area contributed by atoms with E-state index in [1.54, 1.807) is 0 Å². The quantitative estimate of drug-likeness (QED) is 0.288. The molecular weight excluding hydrogens is 485 g/mol. The van der Waals surface area contributed by atoms with Crippen LogP contribution in [0.4, 0.5) is 0 Å². The normalized spacial score (nSPS) is 7.45. The van der Waals surface area contributed by atoms with Crippen LogP contribution in [0.25, 0.3) is 0 Å². The zero-order valence-corrected chi connectivity index (χ0v) is 14.3. The Morgan fingerprint density at radius 2 is 2.00 bits per heavy atom. The minimum atomic E-state index is -1.26. The summed E-state index contributed by atoms with van der Waals surface area (Å²) in [6.45, 7) is 0. The summed E-state index contributed by atoms with van der Waals surface area (Å²) in [4.78, 5) is 4.05. The Hall–Kier alpha value is 2.37. The second-order valence-electron chi connectivity index (χ2n) is 1.59. The Labute approximate surface area is 111 Å². The van der Waals surface area contributed by atoms with E-state index in [-0.39, 0.29) is 31.3 Å². The molecule has 1 rings (SSSR count). The molecule has 54 valence electrons. The van der Waals surface area contributed by atoms with Crippen LogP contribution in [0.2, 0.25) is 0 Å². The summed E-state index contributed by atoms with van der Waals surface area (Å²) in [6, 6.07) is 4.18. The first-order chi connectivity index (χ1) is 4.30. The van der Waals surface area contributed by atoms with Crippen LogP contribution in [0.3, 0.4) is 0 Å². The van der Waals surface area contributed by atoms with Gasteiger partial charge < -0.3 is 12.4 Å². The average molecular weight is 489 g/mol. The summed E-state index contributed by atoms with van der Waals surface area (Å²) < 4.78 is 1.49. The van der Waals surface area contributed by atoms with Gasteiger partial charge in [0.15, 0.2) is 0 Å². The monoisotopic (exact) mass is 489 g/mol. The van der Waals surface area contributed by atoms with Crippen LogP contribution < -0.4 is 34.6 Å². The number of rotatable bonds is 1. The predicted octanol–water partition coefficient (Wildman–Crippen LogP) is -4.35. The van der Waals surface area contributed by atoms with Crippen molar-refractivity contribution in [1.29, 1.82) is 0 Å². The topological polar surface area (TPSA) is 12.9 Å². The van der Waals surface area contributed by atoms with Gasteiger partial charge in [-0.05, 0) is 0 Å². The smallest absolute Gasteiger partial charge is 1.00 e. The van der Waals surface area contributed by atoms with Gasteiger partial charge in [-0.2, -0.15) is 0 Å². The summed E-state index contributed by atoms with van der Waals surface area (Å²) in [5, 5.41) is 0. The molecule has 6 heteroatoms. The van der Waals surface area contributed by atoms with Gasteiger partial charge in [-0.15, -0.1) is 0 Å². The molecule has 11 heavy (non-hydrogen) atoms. The Morgan fingerprint density at radius 1 is 1.36 bits per heavy atom. The molecule has 1 heterocycles. The third-order valence-electron chi connectivity index (χ3n) is 0.936. The van der Waals surface area contributed by atoms with Crippen LogP contribution in [0, 0.1) is 0 Å². The standard InChI is InChI=1S/C5H4N.ClH.2HI.In.Li/c1-2-4-6-5-3-1;;;;;/h1-2,4-5H;3*1H;;/q;;;;+2;+1/p-3. The predicted molar refractivity (Wildman–Crippen MR) is 57.7 cm³/mol. The largest absolute Gasteiger partial charge is 1.00 e. The number of hydrogen-bond donors (Lipinski definition) is 0. The van der Waals surface area contributed by atoms with Crippen molar-refractivity contribution in [3.8, 4) is 0 Å². The fourth-order valence-corrected chi connectivity index (χ4v) is 6.75. The minimum Gasteiger partial charge on any atom is 1.00 e. The van der Waals surface area contributed by atoms with Crippen LogP contribution in [-0.2, 0) is 0 Å². The zero-order chi connectivity index (χ0) is 6.69. The van der Waals surface area contributed by atoms with Gasteiger partial charge in [0.05, 0.1) is 0 Å². The Balaban J connectivity index is 0. The van der Waals surface area contributed by atoms with Crippen LogP contribution in [-0.4, -0.2) is 18.1 Å². The molecule has 0 unspecified atom stereocenters. The molecule has 1 nitrogen and oxygen atoms in total. The van der Waals surface area contributed by atoms with Gasteiger partial charge in [0.25, 0.3) is 0 Å². The van der Waals surface area contributed by atoms with E-state index in [0.29, 0.717) is 0 Å². The Kier molecular flexibility index (Phi) is 12.9. The summed E-state index contributed by atoms with van der Waals surface area (Å²) >= 11 is 3.87. The molecule has 0 bridgehead atoms. The second-order valence-corrected chi connectivity index (χ2v) is 37.9. The first-order valence-corrected chi connectivity index (χ1v) is 23.3. The van der Waals surface area contributed by atoms with E-state index < -0.39 is 13.1 Å². The van der Waals surface area contributed by atoms with E-state index in [4.69, 9.17) is 0 Å². The number of pyridine rings is 1. The van der Waals surface area contributed by atoms with Crippen LogP contribution in [0.5, 0.6) is 0 Å². The van der Waals surface area contributed by atoms with E-state index >= 15 is 0 Å². The SMILES string of the molecule is [Cl-].[I][In]([I])[c]1cccnc1.[Li+]. The van der Waals surface area contributed by atoms with Crippen LogP contribution in [0.1, 0.15) is 0 Å². The molecular formula is C5H4ClI2InLiN. The molecule has 0 N–H and O–H groups in total. The summed E-state index contributed by atoms with van der Waals surface area (Å²) in [7, 11) is 0. The summed E-state index contributed by atoms with van der Waals surface area (Å²) in [6.07, 6.45) is 3.81. The molecule has 0 atom stereocenters. The first kappa shape index (κ1) is 15.8. The van der Waals surface area contributed by atoms with Gasteiger partial charge in [-0.1, -0.05) is 0 Å². The number of nitrogens with zero attached hydrogens (tertiary/aromatic N) is 1. The number of aromatic nitrogens is 1. The minimum absolute atomic E-state index is 0. The molecule has 0 aliphatic rings. The molecule has 1 aromatic rings. The summed E-state index contributed by atoms with van der Waals surface area (Å²) in [5.41, 5.74) is 0. The van der Waals surface area contributed by atoms with Gasteiger partial charge in [0, 0.05) is 0 Å². The van der Waals surface area contributed by atoms with Crippen molar-refractivity contribution in [2.45, 2.75) is 0 Å². The van der Waals surface area contributed by atoms with E-state index in [1.165, 1.54) is 3.32 Å². The molecule has 0 aliphatic carbocycles. The molecule has 1 aromatic heterocycles. The molecule has 0 amide bonds. The number of halogens is 3. The van der Waals surface area contributed by atoms with Crippen molar-refractivity contribution >= 4 is 52.7 Å². The van der Waals surface area contributed by atoms with Gasteiger partial charge in [-0.3, -0.25) is 0 Å². The van der Waals surface area contributed by atoms with Crippen LogP contribution in [0.15, 0.2) is 24.5 Å². The van der Waals surface area contributed by atoms with Crippen molar-refractivity contribution in [2.75, 3.05) is 0 Å². The second kappa shape index (κ2) is 8.94. The van der Waals surface area contributed by atoms with E-state index in [1.807, 2.05) is 18.5 Å². The maximum absolute atomic E-state index is 4.05. The molecule has 0 aliphatic heterocycles. The van der Waals surface area contributed by atoms with Gasteiger partial charge in [-0.25, -0.2) is 0 Å². The molecule has 0 radical (unpaired) electrons. The average Bonchev–Trinajstić information content (AvgIpc) is 1.90. The van der Waals surface area contributed by atoms with E-state index in [0.717, 1.165) is 0 Å². The summed E-state index contributed by atoms with van der Waals surface area (Å²) in [5.74, 6) is 0. The molecule has 0 fully saturated rings. The van der Waals surface area contributed by atoms with Crippen molar-refractivity contribution in [3.63, 3.8) is 0 Å². The van der Waals surface area contributed by atoms with Crippen molar-refractivity contribution in [2.24, 2.45) is 0 Å².